The zero-order valence-corrected chi connectivity index (χ0v) is 7.76. The summed E-state index contributed by atoms with van der Waals surface area (Å²) in [5.74, 6) is 0. The van der Waals surface area contributed by atoms with Crippen molar-refractivity contribution in [2.45, 2.75) is 6.92 Å². The predicted molar refractivity (Wildman–Crippen MR) is 54.2 cm³/mol. The van der Waals surface area contributed by atoms with Gasteiger partial charge in [0, 0.05) is 31.6 Å². The van der Waals surface area contributed by atoms with E-state index in [0.29, 0.717) is 0 Å². The van der Waals surface area contributed by atoms with Crippen LogP contribution < -0.4 is 5.32 Å². The minimum absolute atomic E-state index is 1.14. The Labute approximate surface area is 73.3 Å². The summed E-state index contributed by atoms with van der Waals surface area (Å²) in [5.41, 5.74) is 3.54. The van der Waals surface area contributed by atoms with Gasteiger partial charge in [-0.25, -0.2) is 0 Å². The van der Waals surface area contributed by atoms with E-state index >= 15 is 0 Å². The molecule has 1 N–H and O–H groups in total. The Balaban J connectivity index is 3.18. The van der Waals surface area contributed by atoms with Crippen LogP contribution in [0.25, 0.3) is 0 Å². The van der Waals surface area contributed by atoms with E-state index < -0.39 is 0 Å². The molecule has 1 aromatic carbocycles. The number of nitrogens with one attached hydrogen (secondary N) is 1. The van der Waals surface area contributed by atoms with Crippen molar-refractivity contribution < 1.29 is 0 Å². The molecule has 0 amide bonds. The molecule has 0 aromatic heterocycles. The van der Waals surface area contributed by atoms with Gasteiger partial charge in [-0.05, 0) is 12.5 Å². The molecule has 12 heavy (non-hydrogen) atoms. The fourth-order valence-corrected chi connectivity index (χ4v) is 1.28. The number of aryl methyl sites for hydroxylation is 1. The third-order valence-corrected chi connectivity index (χ3v) is 1.82. The molecule has 2 heteroatoms. The first-order chi connectivity index (χ1) is 5.79. The third-order valence-electron chi connectivity index (χ3n) is 1.82. The molecule has 0 aliphatic heterocycles. The molecule has 0 unspecified atom stereocenters. The van der Waals surface area contributed by atoms with Crippen molar-refractivity contribution >= 4 is 11.9 Å². The van der Waals surface area contributed by atoms with Gasteiger partial charge in [-0.15, -0.1) is 0 Å². The van der Waals surface area contributed by atoms with Crippen LogP contribution in [0, 0.1) is 6.92 Å². The molecule has 0 fully saturated rings. The van der Waals surface area contributed by atoms with E-state index in [9.17, 15) is 0 Å². The second-order valence-corrected chi connectivity index (χ2v) is 2.68. The van der Waals surface area contributed by atoms with Crippen LogP contribution in [0.15, 0.2) is 23.2 Å². The number of hydrogen-bond acceptors (Lipinski definition) is 2. The van der Waals surface area contributed by atoms with Crippen molar-refractivity contribution in [3.63, 3.8) is 0 Å². The molecule has 0 atom stereocenters. The maximum absolute atomic E-state index is 3.99. The van der Waals surface area contributed by atoms with Gasteiger partial charge in [0.25, 0.3) is 0 Å². The second-order valence-electron chi connectivity index (χ2n) is 2.68. The molecule has 1 aromatic rings. The molecule has 0 saturated heterocycles. The van der Waals surface area contributed by atoms with Gasteiger partial charge in [-0.3, -0.25) is 4.99 Å². The van der Waals surface area contributed by atoms with Crippen LogP contribution in [0.5, 0.6) is 0 Å². The number of benzene rings is 1. The van der Waals surface area contributed by atoms with E-state index in [1.165, 1.54) is 5.56 Å². The SMILES string of the molecule is CN=Cc1cccc(C)c1NC. The monoisotopic (exact) mass is 162 g/mol. The summed E-state index contributed by atoms with van der Waals surface area (Å²) < 4.78 is 0. The molecule has 0 radical (unpaired) electrons. The summed E-state index contributed by atoms with van der Waals surface area (Å²) >= 11 is 0. The molecule has 0 aliphatic carbocycles. The van der Waals surface area contributed by atoms with E-state index in [0.717, 1.165) is 11.3 Å². The Morgan fingerprint density at radius 1 is 1.42 bits per heavy atom. The fraction of sp³-hybridized carbons (Fsp3) is 0.300. The van der Waals surface area contributed by atoms with Gasteiger partial charge in [-0.1, -0.05) is 18.2 Å². The van der Waals surface area contributed by atoms with Crippen molar-refractivity contribution in [3.8, 4) is 0 Å². The van der Waals surface area contributed by atoms with Crippen molar-refractivity contribution in [2.24, 2.45) is 4.99 Å². The molecule has 0 bridgehead atoms. The number of rotatable bonds is 2. The van der Waals surface area contributed by atoms with Crippen LogP contribution in [0.3, 0.4) is 0 Å². The maximum Gasteiger partial charge on any atom is 0.0456 e. The van der Waals surface area contributed by atoms with Gasteiger partial charge in [0.15, 0.2) is 0 Å². The second kappa shape index (κ2) is 3.90. The van der Waals surface area contributed by atoms with Crippen LogP contribution in [0.4, 0.5) is 5.69 Å². The first kappa shape index (κ1) is 8.78. The quantitative estimate of drug-likeness (QED) is 0.661. The molecule has 64 valence electrons. The number of aliphatic imine (C=N–C) groups is 1. The van der Waals surface area contributed by atoms with E-state index in [1.54, 1.807) is 7.05 Å². The highest BCUT2D eigenvalue weighted by molar-refractivity contribution is 5.88. The Bertz CT molecular complexity index is 290. The lowest BCUT2D eigenvalue weighted by Gasteiger charge is -2.07. The average molecular weight is 162 g/mol. The van der Waals surface area contributed by atoms with Gasteiger partial charge in [0.05, 0.1) is 0 Å². The van der Waals surface area contributed by atoms with Gasteiger partial charge in [0.2, 0.25) is 0 Å². The van der Waals surface area contributed by atoms with Crippen molar-refractivity contribution in [1.82, 2.24) is 0 Å². The molecule has 1 rings (SSSR count). The maximum atomic E-state index is 3.99. The van der Waals surface area contributed by atoms with Crippen LogP contribution in [-0.2, 0) is 0 Å². The number of hydrogen-bond donors (Lipinski definition) is 1. The minimum Gasteiger partial charge on any atom is -0.387 e. The van der Waals surface area contributed by atoms with Crippen molar-refractivity contribution in [2.75, 3.05) is 19.4 Å². The number of anilines is 1. The third kappa shape index (κ3) is 1.64. The van der Waals surface area contributed by atoms with E-state index in [1.807, 2.05) is 25.4 Å². The first-order valence-corrected chi connectivity index (χ1v) is 3.99. The highest BCUT2D eigenvalue weighted by atomic mass is 14.8. The molecule has 0 aliphatic rings. The van der Waals surface area contributed by atoms with Gasteiger partial charge in [-0.2, -0.15) is 0 Å². The Kier molecular flexibility index (Phi) is 2.86. The summed E-state index contributed by atoms with van der Waals surface area (Å²) in [4.78, 5) is 3.99. The molecule has 0 spiro atoms. The lowest BCUT2D eigenvalue weighted by Crippen LogP contribution is -1.96. The molecule has 0 saturated carbocycles. The standard InChI is InChI=1S/C10H14N2/c1-8-5-4-6-9(7-11-2)10(8)12-3/h4-7,12H,1-3H3. The van der Waals surface area contributed by atoms with E-state index in [2.05, 4.69) is 23.3 Å². The summed E-state index contributed by atoms with van der Waals surface area (Å²) in [7, 11) is 3.71. The number of para-hydroxylation sites is 1. The highest BCUT2D eigenvalue weighted by Crippen LogP contribution is 2.17. The van der Waals surface area contributed by atoms with Crippen molar-refractivity contribution in [3.05, 3.63) is 29.3 Å². The normalized spacial score (nSPS) is 10.6. The molecular weight excluding hydrogens is 148 g/mol. The predicted octanol–water partition coefficient (Wildman–Crippen LogP) is 2.09. The molecule has 2 nitrogen and oxygen atoms in total. The summed E-state index contributed by atoms with van der Waals surface area (Å²) in [6.07, 6.45) is 1.86. The van der Waals surface area contributed by atoms with E-state index in [4.69, 9.17) is 0 Å². The van der Waals surface area contributed by atoms with Crippen LogP contribution in [0.1, 0.15) is 11.1 Å². The minimum atomic E-state index is 1.14. The van der Waals surface area contributed by atoms with E-state index in [-0.39, 0.29) is 0 Å². The highest BCUT2D eigenvalue weighted by Gasteiger charge is 1.99. The van der Waals surface area contributed by atoms with Gasteiger partial charge in [0.1, 0.15) is 0 Å². The first-order valence-electron chi connectivity index (χ1n) is 3.99. The average Bonchev–Trinajstić information content (AvgIpc) is 2.05. The summed E-state index contributed by atoms with van der Waals surface area (Å²) in [6, 6.07) is 6.16. The van der Waals surface area contributed by atoms with Gasteiger partial charge >= 0.3 is 0 Å². The van der Waals surface area contributed by atoms with Gasteiger partial charge < -0.3 is 5.32 Å². The van der Waals surface area contributed by atoms with Crippen LogP contribution in [0.2, 0.25) is 0 Å². The zero-order valence-electron chi connectivity index (χ0n) is 7.76. The number of nitrogens with zero attached hydrogens (tertiary/aromatic N) is 1. The Hall–Kier alpha value is -1.31. The smallest absolute Gasteiger partial charge is 0.0456 e. The Morgan fingerprint density at radius 3 is 2.75 bits per heavy atom. The van der Waals surface area contributed by atoms with Crippen molar-refractivity contribution in [1.29, 1.82) is 0 Å². The Morgan fingerprint density at radius 2 is 2.17 bits per heavy atom. The summed E-state index contributed by atoms with van der Waals surface area (Å²) in [6.45, 7) is 2.08. The largest absolute Gasteiger partial charge is 0.387 e. The van der Waals surface area contributed by atoms with Crippen LogP contribution in [-0.4, -0.2) is 20.3 Å². The fourth-order valence-electron chi connectivity index (χ4n) is 1.28. The van der Waals surface area contributed by atoms with Crippen LogP contribution >= 0.6 is 0 Å². The molecular formula is C10H14N2. The topological polar surface area (TPSA) is 24.4 Å². The zero-order chi connectivity index (χ0) is 8.97. The lowest BCUT2D eigenvalue weighted by atomic mass is 10.1. The summed E-state index contributed by atoms with van der Waals surface area (Å²) in [5, 5.41) is 3.16. The lowest BCUT2D eigenvalue weighted by molar-refractivity contribution is 1.38. The molecule has 0 heterocycles.